The summed E-state index contributed by atoms with van der Waals surface area (Å²) in [6.45, 7) is 2.01. The number of aromatic nitrogens is 1. The van der Waals surface area contributed by atoms with Crippen LogP contribution in [0.25, 0.3) is 11.3 Å². The van der Waals surface area contributed by atoms with Gasteiger partial charge >= 0.3 is 0 Å². The number of fused-ring (bicyclic) bond motifs is 1. The van der Waals surface area contributed by atoms with Crippen LogP contribution in [0.2, 0.25) is 0 Å². The van der Waals surface area contributed by atoms with Gasteiger partial charge in [0.25, 0.3) is 0 Å². The smallest absolute Gasteiger partial charge is 0.136 e. The van der Waals surface area contributed by atoms with Crippen LogP contribution in [0.1, 0.15) is 0 Å². The zero-order valence-corrected chi connectivity index (χ0v) is 21.2. The molecule has 4 aromatic carbocycles. The SMILES string of the molecule is Oc1ccccc1N1[CH-]N(c2ccccc2)c2ccccc21.[Ir].[c-]1ccccc1-c1ccccn1. The molecule has 35 heavy (non-hydrogen) atoms. The molecule has 175 valence electrons. The molecule has 1 radical (unpaired) electrons. The zero-order valence-electron chi connectivity index (χ0n) is 18.8. The molecule has 0 fully saturated rings. The maximum Gasteiger partial charge on any atom is 0.136 e. The van der Waals surface area contributed by atoms with Crippen LogP contribution in [0.4, 0.5) is 22.7 Å². The fourth-order valence-corrected chi connectivity index (χ4v) is 3.84. The van der Waals surface area contributed by atoms with Gasteiger partial charge in [0.15, 0.2) is 0 Å². The molecule has 0 saturated carbocycles. The van der Waals surface area contributed by atoms with E-state index in [9.17, 15) is 5.11 Å². The number of phenolic OH excluding ortho intramolecular Hbond substituents is 1. The van der Waals surface area contributed by atoms with E-state index in [1.54, 1.807) is 12.3 Å². The summed E-state index contributed by atoms with van der Waals surface area (Å²) in [5, 5.41) is 10.2. The number of para-hydroxylation sites is 5. The van der Waals surface area contributed by atoms with Crippen LogP contribution < -0.4 is 9.80 Å². The maximum atomic E-state index is 10.2. The number of hydrogen-bond donors (Lipinski definition) is 1. The maximum absolute atomic E-state index is 10.2. The second-order valence-corrected chi connectivity index (χ2v) is 7.66. The Morgan fingerprint density at radius 2 is 1.26 bits per heavy atom. The number of hydrogen-bond acceptors (Lipinski definition) is 4. The molecule has 4 nitrogen and oxygen atoms in total. The fraction of sp³-hybridized carbons (Fsp3) is 0. The number of anilines is 4. The number of rotatable bonds is 3. The topological polar surface area (TPSA) is 39.6 Å². The zero-order chi connectivity index (χ0) is 23.2. The molecule has 6 rings (SSSR count). The van der Waals surface area contributed by atoms with Crippen LogP contribution in [-0.4, -0.2) is 10.1 Å². The fourth-order valence-electron chi connectivity index (χ4n) is 3.84. The first kappa shape index (κ1) is 24.2. The molecule has 1 aliphatic heterocycles. The molecule has 5 heteroatoms. The molecule has 5 aromatic rings. The van der Waals surface area contributed by atoms with Crippen molar-refractivity contribution in [2.75, 3.05) is 9.80 Å². The van der Waals surface area contributed by atoms with Gasteiger partial charge in [0.1, 0.15) is 5.75 Å². The van der Waals surface area contributed by atoms with Gasteiger partial charge in [0.2, 0.25) is 0 Å². The Bertz CT molecular complexity index is 1310. The number of benzene rings is 4. The predicted octanol–water partition coefficient (Wildman–Crippen LogP) is 7.35. The van der Waals surface area contributed by atoms with Gasteiger partial charge < -0.3 is 19.9 Å². The summed E-state index contributed by atoms with van der Waals surface area (Å²) in [6.07, 6.45) is 1.79. The summed E-state index contributed by atoms with van der Waals surface area (Å²) in [5.41, 5.74) is 6.02. The van der Waals surface area contributed by atoms with Gasteiger partial charge in [-0.15, -0.1) is 42.6 Å². The quantitative estimate of drug-likeness (QED) is 0.211. The van der Waals surface area contributed by atoms with Crippen molar-refractivity contribution in [3.05, 3.63) is 140 Å². The molecular weight excluding hydrogens is 611 g/mol. The van der Waals surface area contributed by atoms with Crippen molar-refractivity contribution in [3.8, 4) is 17.0 Å². The number of phenols is 1. The van der Waals surface area contributed by atoms with Crippen molar-refractivity contribution < 1.29 is 25.2 Å². The van der Waals surface area contributed by atoms with Gasteiger partial charge in [-0.25, -0.2) is 0 Å². The van der Waals surface area contributed by atoms with Crippen LogP contribution in [0.3, 0.4) is 0 Å². The van der Waals surface area contributed by atoms with E-state index in [1.807, 2.05) is 103 Å². The number of nitrogens with zero attached hydrogens (tertiary/aromatic N) is 3. The van der Waals surface area contributed by atoms with Crippen molar-refractivity contribution in [2.24, 2.45) is 0 Å². The molecule has 0 saturated heterocycles. The van der Waals surface area contributed by atoms with Crippen LogP contribution in [0, 0.1) is 12.7 Å². The second kappa shape index (κ2) is 11.5. The Morgan fingerprint density at radius 1 is 0.629 bits per heavy atom. The molecule has 0 amide bonds. The second-order valence-electron chi connectivity index (χ2n) is 7.66. The third-order valence-electron chi connectivity index (χ3n) is 5.46. The molecule has 1 aliphatic rings. The molecule has 2 heterocycles. The molecule has 0 aliphatic carbocycles. The summed E-state index contributed by atoms with van der Waals surface area (Å²) in [5.74, 6) is 0.267. The van der Waals surface area contributed by atoms with Crippen molar-refractivity contribution in [3.63, 3.8) is 0 Å². The summed E-state index contributed by atoms with van der Waals surface area (Å²) in [4.78, 5) is 8.36. The van der Waals surface area contributed by atoms with Crippen LogP contribution in [0.15, 0.2) is 128 Å². The van der Waals surface area contributed by atoms with Gasteiger partial charge in [-0.2, -0.15) is 0 Å². The van der Waals surface area contributed by atoms with E-state index in [2.05, 4.69) is 40.2 Å². The predicted molar refractivity (Wildman–Crippen MR) is 138 cm³/mol. The average molecular weight is 634 g/mol. The third-order valence-corrected chi connectivity index (χ3v) is 5.46. The Hall–Kier alpha value is -3.92. The Balaban J connectivity index is 0.000000189. The molecular formula is C30H23IrN3O-2. The van der Waals surface area contributed by atoms with E-state index in [4.69, 9.17) is 0 Å². The van der Waals surface area contributed by atoms with Gasteiger partial charge in [0.05, 0.1) is 5.69 Å². The van der Waals surface area contributed by atoms with Crippen molar-refractivity contribution in [2.45, 2.75) is 0 Å². The normalized spacial score (nSPS) is 11.7. The molecule has 0 atom stereocenters. The van der Waals surface area contributed by atoms with Crippen LogP contribution in [0.5, 0.6) is 5.75 Å². The van der Waals surface area contributed by atoms with E-state index < -0.39 is 0 Å². The van der Waals surface area contributed by atoms with Gasteiger partial charge in [0, 0.05) is 43.4 Å². The summed E-state index contributed by atoms with van der Waals surface area (Å²) in [7, 11) is 0. The number of aromatic hydroxyl groups is 1. The van der Waals surface area contributed by atoms with Gasteiger partial charge in [-0.3, -0.25) is 0 Å². The molecule has 0 spiro atoms. The summed E-state index contributed by atoms with van der Waals surface area (Å²) < 4.78 is 0. The first-order valence-corrected chi connectivity index (χ1v) is 11.0. The first-order chi connectivity index (χ1) is 16.8. The van der Waals surface area contributed by atoms with E-state index in [0.717, 1.165) is 34.0 Å². The molecule has 1 N–H and O–H groups in total. The van der Waals surface area contributed by atoms with Gasteiger partial charge in [-0.1, -0.05) is 54.6 Å². The van der Waals surface area contributed by atoms with Crippen molar-refractivity contribution in [1.82, 2.24) is 4.98 Å². The van der Waals surface area contributed by atoms with E-state index >= 15 is 0 Å². The van der Waals surface area contributed by atoms with Crippen molar-refractivity contribution >= 4 is 22.7 Å². The summed E-state index contributed by atoms with van der Waals surface area (Å²) >= 11 is 0. The standard InChI is InChI=1S/C19H15N2O.C11H8N.Ir/c22-19-13-7-6-12-18(19)21-14-20(15-8-2-1-3-9-15)16-10-4-5-11-17(16)21;1-2-6-10(7-3-1)11-8-4-5-9-12-11;/h1-14,22H;1-6,8-9H;/q2*-1;. The van der Waals surface area contributed by atoms with Crippen LogP contribution >= 0.6 is 0 Å². The minimum absolute atomic E-state index is 0. The van der Waals surface area contributed by atoms with E-state index in [0.29, 0.717) is 0 Å². The summed E-state index contributed by atoms with van der Waals surface area (Å²) in [6, 6.07) is 42.6. The monoisotopic (exact) mass is 634 g/mol. The third kappa shape index (κ3) is 5.43. The average Bonchev–Trinajstić information content (AvgIpc) is 3.30. The Kier molecular flexibility index (Phi) is 7.94. The molecule has 0 bridgehead atoms. The van der Waals surface area contributed by atoms with E-state index in [1.165, 1.54) is 0 Å². The minimum atomic E-state index is 0. The first-order valence-electron chi connectivity index (χ1n) is 11.0. The Morgan fingerprint density at radius 3 is 1.91 bits per heavy atom. The minimum Gasteiger partial charge on any atom is -0.506 e. The molecule has 1 aromatic heterocycles. The van der Waals surface area contributed by atoms with Crippen LogP contribution in [-0.2, 0) is 20.1 Å². The van der Waals surface area contributed by atoms with Gasteiger partial charge in [-0.05, 0) is 48.2 Å². The molecule has 0 unspecified atom stereocenters. The Labute approximate surface area is 219 Å². The van der Waals surface area contributed by atoms with Crippen molar-refractivity contribution in [1.29, 1.82) is 0 Å². The largest absolute Gasteiger partial charge is 0.506 e. The number of pyridine rings is 1. The van der Waals surface area contributed by atoms with E-state index in [-0.39, 0.29) is 25.9 Å².